The summed E-state index contributed by atoms with van der Waals surface area (Å²) in [6, 6.07) is 0.504. The van der Waals surface area contributed by atoms with Gasteiger partial charge in [0.05, 0.1) is 6.33 Å². The number of aromatic amines is 1. The second-order valence-corrected chi connectivity index (χ2v) is 5.90. The lowest BCUT2D eigenvalue weighted by molar-refractivity contribution is 0.318. The summed E-state index contributed by atoms with van der Waals surface area (Å²) in [4.78, 5) is 16.2. The van der Waals surface area contributed by atoms with Gasteiger partial charge in [0.2, 0.25) is 5.95 Å². The van der Waals surface area contributed by atoms with Crippen molar-refractivity contribution in [3.63, 3.8) is 0 Å². The van der Waals surface area contributed by atoms with Crippen LogP contribution < -0.4 is 10.6 Å². The number of nitrogens with one attached hydrogen (secondary N) is 3. The molecule has 0 aliphatic heterocycles. The van der Waals surface area contributed by atoms with E-state index < -0.39 is 0 Å². The van der Waals surface area contributed by atoms with Crippen LogP contribution in [0.3, 0.4) is 0 Å². The molecule has 2 aromatic heterocycles. The molecule has 0 radical (unpaired) electrons. The first-order chi connectivity index (χ1) is 10.3. The molecular formula is C15H24N6. The molecule has 0 unspecified atom stereocenters. The number of anilines is 2. The van der Waals surface area contributed by atoms with Gasteiger partial charge in [0.15, 0.2) is 11.5 Å². The van der Waals surface area contributed by atoms with Gasteiger partial charge in [-0.2, -0.15) is 9.97 Å². The van der Waals surface area contributed by atoms with Crippen molar-refractivity contribution in [2.24, 2.45) is 5.92 Å². The van der Waals surface area contributed by atoms with Crippen LogP contribution >= 0.6 is 0 Å². The molecule has 6 nitrogen and oxygen atoms in total. The molecule has 0 spiro atoms. The molecule has 0 bridgehead atoms. The monoisotopic (exact) mass is 288 g/mol. The van der Waals surface area contributed by atoms with E-state index in [2.05, 4.69) is 37.5 Å². The zero-order chi connectivity index (χ0) is 14.7. The summed E-state index contributed by atoms with van der Waals surface area (Å²) in [5.74, 6) is 2.39. The highest BCUT2D eigenvalue weighted by molar-refractivity contribution is 5.83. The van der Waals surface area contributed by atoms with Gasteiger partial charge in [-0.1, -0.05) is 19.8 Å². The van der Waals surface area contributed by atoms with Crippen LogP contribution in [0.1, 0.15) is 45.4 Å². The van der Waals surface area contributed by atoms with Crippen molar-refractivity contribution in [3.05, 3.63) is 6.33 Å². The van der Waals surface area contributed by atoms with E-state index in [4.69, 9.17) is 0 Å². The lowest BCUT2D eigenvalue weighted by Gasteiger charge is -2.29. The quantitative estimate of drug-likeness (QED) is 0.787. The van der Waals surface area contributed by atoms with Gasteiger partial charge in [0.25, 0.3) is 0 Å². The van der Waals surface area contributed by atoms with Gasteiger partial charge in [0.1, 0.15) is 5.52 Å². The molecule has 3 rings (SSSR count). The molecule has 1 fully saturated rings. The predicted molar refractivity (Wildman–Crippen MR) is 85.5 cm³/mol. The Hall–Kier alpha value is -1.85. The highest BCUT2D eigenvalue weighted by Crippen LogP contribution is 2.30. The van der Waals surface area contributed by atoms with Crippen molar-refractivity contribution in [3.8, 4) is 0 Å². The average Bonchev–Trinajstić information content (AvgIpc) is 2.98. The molecule has 0 atom stereocenters. The highest BCUT2D eigenvalue weighted by atomic mass is 15.2. The standard InChI is InChI=1S/C15H24N6/c1-3-4-10-5-7-11(8-6-10)19-14-12-13(18-9-17-12)20-15(16-2)21-14/h9-11H,3-8H2,1-2H3,(H3,16,17,18,19,20,21). The van der Waals surface area contributed by atoms with Gasteiger partial charge in [0, 0.05) is 13.1 Å². The maximum absolute atomic E-state index is 4.54. The largest absolute Gasteiger partial charge is 0.365 e. The van der Waals surface area contributed by atoms with Gasteiger partial charge in [-0.15, -0.1) is 0 Å². The first-order valence-corrected chi connectivity index (χ1v) is 7.95. The van der Waals surface area contributed by atoms with Crippen molar-refractivity contribution in [2.45, 2.75) is 51.5 Å². The molecule has 114 valence electrons. The van der Waals surface area contributed by atoms with Crippen LogP contribution in [-0.2, 0) is 0 Å². The minimum Gasteiger partial charge on any atom is -0.365 e. The zero-order valence-electron chi connectivity index (χ0n) is 12.8. The van der Waals surface area contributed by atoms with Crippen molar-refractivity contribution >= 4 is 22.9 Å². The minimum atomic E-state index is 0.504. The number of fused-ring (bicyclic) bond motifs is 1. The molecule has 0 aromatic carbocycles. The van der Waals surface area contributed by atoms with Crippen LogP contribution in [0.4, 0.5) is 11.8 Å². The third-order valence-electron chi connectivity index (χ3n) is 4.39. The van der Waals surface area contributed by atoms with Crippen LogP contribution in [0.15, 0.2) is 6.33 Å². The van der Waals surface area contributed by atoms with E-state index >= 15 is 0 Å². The van der Waals surface area contributed by atoms with Gasteiger partial charge in [-0.25, -0.2) is 4.98 Å². The maximum Gasteiger partial charge on any atom is 0.226 e. The van der Waals surface area contributed by atoms with Gasteiger partial charge in [-0.3, -0.25) is 0 Å². The summed E-state index contributed by atoms with van der Waals surface area (Å²) in [7, 11) is 1.83. The van der Waals surface area contributed by atoms with Crippen molar-refractivity contribution in [2.75, 3.05) is 17.7 Å². The maximum atomic E-state index is 4.54. The molecule has 1 aliphatic carbocycles. The van der Waals surface area contributed by atoms with Crippen LogP contribution in [0.2, 0.25) is 0 Å². The van der Waals surface area contributed by atoms with Crippen LogP contribution in [0.25, 0.3) is 11.2 Å². The number of imidazole rings is 1. The normalized spacial score (nSPS) is 22.4. The smallest absolute Gasteiger partial charge is 0.226 e. The van der Waals surface area contributed by atoms with E-state index in [0.717, 1.165) is 17.3 Å². The van der Waals surface area contributed by atoms with E-state index in [0.29, 0.717) is 17.6 Å². The summed E-state index contributed by atoms with van der Waals surface area (Å²) in [5.41, 5.74) is 1.60. The van der Waals surface area contributed by atoms with Crippen molar-refractivity contribution < 1.29 is 0 Å². The molecule has 3 N–H and O–H groups in total. The van der Waals surface area contributed by atoms with Gasteiger partial charge < -0.3 is 15.6 Å². The van der Waals surface area contributed by atoms with E-state index in [1.54, 1.807) is 6.33 Å². The second kappa shape index (κ2) is 6.28. The van der Waals surface area contributed by atoms with E-state index in [1.807, 2.05) is 7.05 Å². The number of H-pyrrole nitrogens is 1. The first-order valence-electron chi connectivity index (χ1n) is 7.95. The van der Waals surface area contributed by atoms with Gasteiger partial charge >= 0.3 is 0 Å². The highest BCUT2D eigenvalue weighted by Gasteiger charge is 2.22. The molecule has 0 saturated heterocycles. The van der Waals surface area contributed by atoms with E-state index in [-0.39, 0.29) is 0 Å². The summed E-state index contributed by atoms with van der Waals surface area (Å²) >= 11 is 0. The Kier molecular flexibility index (Phi) is 4.22. The molecule has 21 heavy (non-hydrogen) atoms. The Labute approximate surface area is 125 Å². The zero-order valence-corrected chi connectivity index (χ0v) is 12.8. The second-order valence-electron chi connectivity index (χ2n) is 5.90. The number of hydrogen-bond acceptors (Lipinski definition) is 5. The Morgan fingerprint density at radius 1 is 1.24 bits per heavy atom. The SMILES string of the molecule is CCCC1CCC(Nc2nc(NC)nc3nc[nH]c23)CC1. The molecule has 2 aromatic rings. The first kappa shape index (κ1) is 14.1. The lowest BCUT2D eigenvalue weighted by Crippen LogP contribution is -2.26. The summed E-state index contributed by atoms with van der Waals surface area (Å²) in [5, 5.41) is 6.58. The third-order valence-corrected chi connectivity index (χ3v) is 4.39. The number of hydrogen-bond donors (Lipinski definition) is 3. The van der Waals surface area contributed by atoms with Crippen LogP contribution in [-0.4, -0.2) is 33.0 Å². The molecule has 1 aliphatic rings. The fourth-order valence-electron chi connectivity index (χ4n) is 3.25. The number of rotatable bonds is 5. The Bertz CT molecular complexity index is 585. The molecular weight excluding hydrogens is 264 g/mol. The summed E-state index contributed by atoms with van der Waals surface area (Å²) < 4.78 is 0. The Morgan fingerprint density at radius 2 is 2.05 bits per heavy atom. The molecule has 6 heteroatoms. The Morgan fingerprint density at radius 3 is 2.76 bits per heavy atom. The lowest BCUT2D eigenvalue weighted by atomic mass is 9.83. The Balaban J connectivity index is 1.72. The van der Waals surface area contributed by atoms with E-state index in [9.17, 15) is 0 Å². The molecule has 2 heterocycles. The number of nitrogens with zero attached hydrogens (tertiary/aromatic N) is 3. The topological polar surface area (TPSA) is 78.5 Å². The summed E-state index contributed by atoms with van der Waals surface area (Å²) in [6.45, 7) is 2.28. The van der Waals surface area contributed by atoms with Crippen LogP contribution in [0.5, 0.6) is 0 Å². The fraction of sp³-hybridized carbons (Fsp3) is 0.667. The third kappa shape index (κ3) is 3.09. The summed E-state index contributed by atoms with van der Waals surface area (Å²) in [6.07, 6.45) is 9.42. The van der Waals surface area contributed by atoms with E-state index in [1.165, 1.54) is 38.5 Å². The number of aromatic nitrogens is 4. The van der Waals surface area contributed by atoms with Crippen molar-refractivity contribution in [1.29, 1.82) is 0 Å². The fourth-order valence-corrected chi connectivity index (χ4v) is 3.25. The molecule has 1 saturated carbocycles. The van der Waals surface area contributed by atoms with Crippen molar-refractivity contribution in [1.82, 2.24) is 19.9 Å². The predicted octanol–water partition coefficient (Wildman–Crippen LogP) is 3.17. The van der Waals surface area contributed by atoms with Gasteiger partial charge in [-0.05, 0) is 31.6 Å². The molecule has 0 amide bonds. The van der Waals surface area contributed by atoms with Crippen LogP contribution in [0, 0.1) is 5.92 Å². The minimum absolute atomic E-state index is 0.504. The average molecular weight is 288 g/mol.